The van der Waals surface area contributed by atoms with Gasteiger partial charge in [-0.2, -0.15) is 0 Å². The van der Waals surface area contributed by atoms with Crippen LogP contribution in [0.1, 0.15) is 351 Å². The minimum absolute atomic E-state index is 0.384. The lowest BCUT2D eigenvalue weighted by Crippen LogP contribution is -2.16. The third-order valence-corrected chi connectivity index (χ3v) is 13.5. The van der Waals surface area contributed by atoms with E-state index in [4.69, 9.17) is 4.74 Å². The largest absolute Gasteiger partial charge is 0.493 e. The van der Waals surface area contributed by atoms with Gasteiger partial charge in [-0.3, -0.25) is 0 Å². The van der Waals surface area contributed by atoms with Crippen molar-refractivity contribution in [1.29, 1.82) is 0 Å². The van der Waals surface area contributed by atoms with Gasteiger partial charge in [0, 0.05) is 0 Å². The number of benzene rings is 1. The van der Waals surface area contributed by atoms with E-state index in [0.29, 0.717) is 11.3 Å². The Kier molecular flexibility index (Phi) is 76.2. The monoisotopic (exact) mass is 1060 g/mol. The molecule has 0 fully saturated rings. The van der Waals surface area contributed by atoms with Crippen LogP contribution in [-0.4, -0.2) is 6.61 Å². The molecule has 446 valence electrons. The first-order valence-corrected chi connectivity index (χ1v) is 33.6. The molecule has 0 N–H and O–H groups in total. The van der Waals surface area contributed by atoms with Crippen LogP contribution in [0.3, 0.4) is 0 Å². The van der Waals surface area contributed by atoms with Crippen molar-refractivity contribution in [2.75, 3.05) is 6.61 Å². The molecule has 0 bridgehead atoms. The standard InChI is InChI=1S/C15H24O.C15H32.C15H30.C15H28.C15H26/c1-12-7-6-8-14(9-12)16-11-13(2)10-15(3,4)5;4*1-3-5-7-9-11-13-15-14-12-10-8-6-4-2/h6-9,13H,10-11H2,1-5H3;3-15H2,1-2H3;13,15H,3-12,14H2,1-2H3;7,9,13,15H,3-6,8,10-12,14H2,1-2H3;3,7,9,13,15H,1,4-6,8,10-12,14H2,2H3/b;;15-13+;2*9-7+,15-13+. The summed E-state index contributed by atoms with van der Waals surface area (Å²) >= 11 is 0. The van der Waals surface area contributed by atoms with Crippen LogP contribution in [0.25, 0.3) is 0 Å². The molecule has 0 aromatic heterocycles. The molecule has 1 aromatic carbocycles. The normalized spacial score (nSPS) is 11.8. The average Bonchev–Trinajstić information content (AvgIpc) is 3.40. The summed E-state index contributed by atoms with van der Waals surface area (Å²) in [5.41, 5.74) is 1.64. The maximum atomic E-state index is 5.79. The Morgan fingerprint density at radius 2 is 0.697 bits per heavy atom. The number of hydrogen-bond acceptors (Lipinski definition) is 1. The van der Waals surface area contributed by atoms with E-state index in [1.54, 1.807) is 0 Å². The second-order valence-corrected chi connectivity index (χ2v) is 23.5. The molecule has 0 spiro atoms. The summed E-state index contributed by atoms with van der Waals surface area (Å²) in [5, 5.41) is 0. The Bertz CT molecular complexity index is 1320. The lowest BCUT2D eigenvalue weighted by molar-refractivity contribution is 0.207. The Labute approximate surface area is 482 Å². The van der Waals surface area contributed by atoms with Crippen molar-refractivity contribution in [2.24, 2.45) is 11.3 Å². The predicted octanol–water partition coefficient (Wildman–Crippen LogP) is 27.5. The van der Waals surface area contributed by atoms with Crippen molar-refractivity contribution in [3.8, 4) is 5.75 Å². The number of aryl methyl sites for hydroxylation is 1. The SMILES string of the molecule is C=CC/C=C/C/C=C/CCCCCCC.CCC/C=C/C/C=C/CCCCCCC.CCCCCC/C=C/CCCCCCC.CCCCCCCCCCCCCCC.Cc1cccc(OCC(C)CC(C)(C)C)c1. The summed E-state index contributed by atoms with van der Waals surface area (Å²) in [6.45, 7) is 31.5. The quantitative estimate of drug-likeness (QED) is 0.0467. The van der Waals surface area contributed by atoms with Gasteiger partial charge in [-0.25, -0.2) is 0 Å². The molecule has 1 unspecified atom stereocenters. The fourth-order valence-corrected chi connectivity index (χ4v) is 8.92. The topological polar surface area (TPSA) is 9.23 Å². The molecule has 1 aromatic rings. The molecule has 0 aliphatic rings. The van der Waals surface area contributed by atoms with E-state index >= 15 is 0 Å². The van der Waals surface area contributed by atoms with Crippen molar-refractivity contribution >= 4 is 0 Å². The first kappa shape index (κ1) is 79.9. The van der Waals surface area contributed by atoms with Gasteiger partial charge in [0.15, 0.2) is 0 Å². The third kappa shape index (κ3) is 82.8. The second kappa shape index (κ2) is 72.5. The molecule has 1 atom stereocenters. The molecule has 0 saturated heterocycles. The van der Waals surface area contributed by atoms with E-state index in [-0.39, 0.29) is 0 Å². The van der Waals surface area contributed by atoms with Crippen LogP contribution in [0.4, 0.5) is 0 Å². The van der Waals surface area contributed by atoms with Gasteiger partial charge in [-0.05, 0) is 119 Å². The van der Waals surface area contributed by atoms with Crippen LogP contribution in [0, 0.1) is 18.3 Å². The van der Waals surface area contributed by atoms with E-state index < -0.39 is 0 Å². The van der Waals surface area contributed by atoms with E-state index in [1.807, 2.05) is 18.2 Å². The molecule has 1 heteroatoms. The Balaban J connectivity index is -0.000000426. The summed E-state index contributed by atoms with van der Waals surface area (Å²) in [5.74, 6) is 1.58. The van der Waals surface area contributed by atoms with Crippen LogP contribution in [0.15, 0.2) is 97.7 Å². The van der Waals surface area contributed by atoms with Crippen LogP contribution in [0.5, 0.6) is 5.75 Å². The van der Waals surface area contributed by atoms with Crippen molar-refractivity contribution < 1.29 is 4.74 Å². The molecule has 0 aliphatic carbocycles. The molecule has 0 heterocycles. The van der Waals surface area contributed by atoms with Crippen LogP contribution < -0.4 is 4.74 Å². The molecular weight excluding hydrogens is 917 g/mol. The average molecular weight is 1060 g/mol. The van der Waals surface area contributed by atoms with E-state index in [9.17, 15) is 0 Å². The highest BCUT2D eigenvalue weighted by molar-refractivity contribution is 5.27. The van der Waals surface area contributed by atoms with Gasteiger partial charge >= 0.3 is 0 Å². The van der Waals surface area contributed by atoms with Gasteiger partial charge in [0.2, 0.25) is 0 Å². The van der Waals surface area contributed by atoms with Gasteiger partial charge in [0.1, 0.15) is 5.75 Å². The first-order chi connectivity index (χ1) is 37.0. The predicted molar refractivity (Wildman–Crippen MR) is 355 cm³/mol. The van der Waals surface area contributed by atoms with Crippen LogP contribution in [0.2, 0.25) is 0 Å². The highest BCUT2D eigenvalue weighted by Crippen LogP contribution is 2.25. The van der Waals surface area contributed by atoms with Crippen molar-refractivity contribution in [1.82, 2.24) is 0 Å². The molecule has 1 nitrogen and oxygen atoms in total. The maximum Gasteiger partial charge on any atom is 0.119 e. The van der Waals surface area contributed by atoms with E-state index in [1.165, 1.54) is 256 Å². The first-order valence-electron chi connectivity index (χ1n) is 33.6. The van der Waals surface area contributed by atoms with Gasteiger partial charge in [0.25, 0.3) is 0 Å². The summed E-state index contributed by atoms with van der Waals surface area (Å²) in [4.78, 5) is 0. The summed E-state index contributed by atoms with van der Waals surface area (Å²) in [6, 6.07) is 8.24. The van der Waals surface area contributed by atoms with Crippen molar-refractivity contribution in [3.63, 3.8) is 0 Å². The lowest BCUT2D eigenvalue weighted by Gasteiger charge is -2.23. The van der Waals surface area contributed by atoms with Crippen molar-refractivity contribution in [2.45, 2.75) is 353 Å². The highest BCUT2D eigenvalue weighted by atomic mass is 16.5. The van der Waals surface area contributed by atoms with Gasteiger partial charge in [0.05, 0.1) is 6.61 Å². The Morgan fingerprint density at radius 1 is 0.395 bits per heavy atom. The minimum atomic E-state index is 0.384. The molecule has 0 saturated carbocycles. The molecule has 0 aliphatic heterocycles. The second-order valence-electron chi connectivity index (χ2n) is 23.5. The highest BCUT2D eigenvalue weighted by Gasteiger charge is 2.15. The van der Waals surface area contributed by atoms with Crippen LogP contribution >= 0.6 is 0 Å². The molecule has 1 rings (SSSR count). The molecular formula is C75H140O. The maximum absolute atomic E-state index is 5.79. The minimum Gasteiger partial charge on any atom is -0.493 e. The fraction of sp³-hybridized carbons (Fsp3) is 0.760. The zero-order valence-corrected chi connectivity index (χ0v) is 54.3. The number of rotatable bonds is 47. The summed E-state index contributed by atoms with van der Waals surface area (Å²) < 4.78 is 5.79. The van der Waals surface area contributed by atoms with Crippen molar-refractivity contribution in [3.05, 3.63) is 103 Å². The Morgan fingerprint density at radius 3 is 1.03 bits per heavy atom. The van der Waals surface area contributed by atoms with E-state index in [2.05, 4.69) is 163 Å². The number of unbranched alkanes of at least 4 members (excludes halogenated alkanes) is 32. The number of allylic oxidation sites excluding steroid dienone is 11. The molecule has 0 amide bonds. The fourth-order valence-electron chi connectivity index (χ4n) is 8.92. The summed E-state index contributed by atoms with van der Waals surface area (Å²) in [7, 11) is 0. The Hall–Kier alpha value is -2.54. The lowest BCUT2D eigenvalue weighted by atomic mass is 9.86. The smallest absolute Gasteiger partial charge is 0.119 e. The van der Waals surface area contributed by atoms with Crippen LogP contribution in [-0.2, 0) is 0 Å². The van der Waals surface area contributed by atoms with Gasteiger partial charge in [-0.1, -0.05) is 341 Å². The third-order valence-electron chi connectivity index (χ3n) is 13.5. The molecule has 76 heavy (non-hydrogen) atoms. The number of hydrogen-bond donors (Lipinski definition) is 0. The zero-order valence-electron chi connectivity index (χ0n) is 54.3. The van der Waals surface area contributed by atoms with Gasteiger partial charge in [-0.15, -0.1) is 6.58 Å². The number of ether oxygens (including phenoxy) is 1. The van der Waals surface area contributed by atoms with E-state index in [0.717, 1.165) is 31.6 Å². The zero-order chi connectivity index (χ0) is 57.0. The molecule has 0 radical (unpaired) electrons. The van der Waals surface area contributed by atoms with Gasteiger partial charge < -0.3 is 4.74 Å². The summed E-state index contributed by atoms with van der Waals surface area (Å²) in [6.07, 6.45) is 82.2.